The average molecular weight is 428 g/mol. The van der Waals surface area contributed by atoms with Gasteiger partial charge >= 0.3 is 5.63 Å². The summed E-state index contributed by atoms with van der Waals surface area (Å²) in [5, 5.41) is 4.86. The zero-order valence-electron chi connectivity index (χ0n) is 17.9. The van der Waals surface area contributed by atoms with E-state index in [9.17, 15) is 9.59 Å². The molecule has 0 aliphatic heterocycles. The maximum absolute atomic E-state index is 13.1. The summed E-state index contributed by atoms with van der Waals surface area (Å²) in [6.45, 7) is 0. The summed E-state index contributed by atoms with van der Waals surface area (Å²) in [5.41, 5.74) is 4.67. The summed E-state index contributed by atoms with van der Waals surface area (Å²) in [5.74, 6) is 0.572. The molecule has 0 bridgehead atoms. The molecule has 162 valence electrons. The van der Waals surface area contributed by atoms with Gasteiger partial charge in [-0.1, -0.05) is 31.4 Å². The van der Waals surface area contributed by atoms with Crippen LogP contribution < -0.4 is 10.9 Å². The third-order valence-corrected chi connectivity index (χ3v) is 7.02. The van der Waals surface area contributed by atoms with Gasteiger partial charge < -0.3 is 14.2 Å². The van der Waals surface area contributed by atoms with Crippen molar-refractivity contribution in [2.45, 2.75) is 51.4 Å². The molecule has 0 saturated heterocycles. The molecule has 1 N–H and O–H groups in total. The van der Waals surface area contributed by atoms with E-state index in [0.717, 1.165) is 55.7 Å². The van der Waals surface area contributed by atoms with Crippen molar-refractivity contribution in [3.63, 3.8) is 0 Å². The molecule has 5 heteroatoms. The quantitative estimate of drug-likeness (QED) is 0.394. The van der Waals surface area contributed by atoms with E-state index >= 15 is 0 Å². The fourth-order valence-electron chi connectivity index (χ4n) is 5.37. The lowest BCUT2D eigenvalue weighted by molar-refractivity contribution is -0.120. The van der Waals surface area contributed by atoms with Crippen LogP contribution in [0.5, 0.6) is 0 Å². The molecule has 0 unspecified atom stereocenters. The molecule has 0 radical (unpaired) electrons. The Hall–Kier alpha value is -3.34. The highest BCUT2D eigenvalue weighted by atomic mass is 16.4. The largest absolute Gasteiger partial charge is 0.454 e. The molecule has 0 spiro atoms. The van der Waals surface area contributed by atoms with Gasteiger partial charge in [0.25, 0.3) is 0 Å². The van der Waals surface area contributed by atoms with Crippen LogP contribution in [0.15, 0.2) is 56.1 Å². The van der Waals surface area contributed by atoms with Crippen LogP contribution in [-0.4, -0.2) is 5.91 Å². The van der Waals surface area contributed by atoms with Crippen LogP contribution in [0, 0.1) is 5.92 Å². The van der Waals surface area contributed by atoms with Crippen LogP contribution >= 0.6 is 0 Å². The highest BCUT2D eigenvalue weighted by Crippen LogP contribution is 2.42. The van der Waals surface area contributed by atoms with Crippen molar-refractivity contribution < 1.29 is 13.6 Å². The number of aryl methyl sites for hydroxylation is 2. The molecule has 2 aromatic carbocycles. The smallest absolute Gasteiger partial charge is 0.336 e. The van der Waals surface area contributed by atoms with Crippen molar-refractivity contribution >= 4 is 33.5 Å². The van der Waals surface area contributed by atoms with Crippen LogP contribution in [0.4, 0.5) is 5.69 Å². The Balaban J connectivity index is 1.54. The topological polar surface area (TPSA) is 72.5 Å². The number of rotatable bonds is 3. The van der Waals surface area contributed by atoms with Crippen molar-refractivity contribution in [3.8, 4) is 11.3 Å². The Morgan fingerprint density at radius 2 is 1.62 bits per heavy atom. The monoisotopic (exact) mass is 427 g/mol. The SMILES string of the molecule is O=C(Nc1c(-c2cc(=O)oc3cc4c(cc23)CCC4)oc2ccccc12)C1CCCCC1. The van der Waals surface area contributed by atoms with Crippen LogP contribution in [0.3, 0.4) is 0 Å². The number of hydrogen-bond donors (Lipinski definition) is 1. The molecule has 6 rings (SSSR count). The van der Waals surface area contributed by atoms with Gasteiger partial charge in [-0.15, -0.1) is 0 Å². The van der Waals surface area contributed by atoms with Crippen LogP contribution in [0.1, 0.15) is 49.7 Å². The van der Waals surface area contributed by atoms with Gasteiger partial charge in [-0.3, -0.25) is 4.79 Å². The maximum atomic E-state index is 13.1. The Morgan fingerprint density at radius 3 is 2.47 bits per heavy atom. The van der Waals surface area contributed by atoms with E-state index in [1.54, 1.807) is 0 Å². The number of anilines is 1. The number of fused-ring (bicyclic) bond motifs is 3. The third kappa shape index (κ3) is 3.24. The second-order valence-electron chi connectivity index (χ2n) is 9.08. The van der Waals surface area contributed by atoms with E-state index in [2.05, 4.69) is 11.4 Å². The normalized spacial score (nSPS) is 16.5. The highest BCUT2D eigenvalue weighted by molar-refractivity contribution is 6.09. The standard InChI is InChI=1S/C27H25NO4/c29-24-15-21(20-13-17-9-6-10-18(17)14-23(20)31-24)26-25(19-11-4-5-12-22(19)32-26)28-27(30)16-7-2-1-3-8-16/h4-5,11-16H,1-3,6-10H2,(H,28,30). The van der Waals surface area contributed by atoms with Gasteiger partial charge in [-0.2, -0.15) is 0 Å². The van der Waals surface area contributed by atoms with E-state index in [4.69, 9.17) is 8.83 Å². The molecule has 2 aromatic heterocycles. The molecular weight excluding hydrogens is 402 g/mol. The average Bonchev–Trinajstić information content (AvgIpc) is 3.42. The van der Waals surface area contributed by atoms with E-state index in [1.807, 2.05) is 30.3 Å². The molecule has 4 aromatic rings. The van der Waals surface area contributed by atoms with Crippen molar-refractivity contribution in [1.29, 1.82) is 0 Å². The van der Waals surface area contributed by atoms with Crippen LogP contribution in [-0.2, 0) is 17.6 Å². The Bertz CT molecular complexity index is 1400. The van der Waals surface area contributed by atoms with E-state index in [-0.39, 0.29) is 11.8 Å². The molecule has 5 nitrogen and oxygen atoms in total. The third-order valence-electron chi connectivity index (χ3n) is 7.02. The zero-order valence-corrected chi connectivity index (χ0v) is 17.9. The first-order chi connectivity index (χ1) is 15.7. The first-order valence-corrected chi connectivity index (χ1v) is 11.6. The molecule has 2 aliphatic rings. The van der Waals surface area contributed by atoms with Crippen LogP contribution in [0.2, 0.25) is 0 Å². The lowest BCUT2D eigenvalue weighted by atomic mass is 9.88. The lowest BCUT2D eigenvalue weighted by Crippen LogP contribution is -2.24. The number of para-hydroxylation sites is 1. The lowest BCUT2D eigenvalue weighted by Gasteiger charge is -2.20. The molecule has 2 aliphatic carbocycles. The molecule has 1 amide bonds. The summed E-state index contributed by atoms with van der Waals surface area (Å²) in [4.78, 5) is 25.6. The summed E-state index contributed by atoms with van der Waals surface area (Å²) in [7, 11) is 0. The molecule has 0 atom stereocenters. The zero-order chi connectivity index (χ0) is 21.7. The van der Waals surface area contributed by atoms with Gasteiger partial charge in [0, 0.05) is 28.3 Å². The second-order valence-corrected chi connectivity index (χ2v) is 9.08. The molecule has 1 saturated carbocycles. The van der Waals surface area contributed by atoms with E-state index < -0.39 is 5.63 Å². The summed E-state index contributed by atoms with van der Waals surface area (Å²) in [6, 6.07) is 13.3. The fraction of sp³-hybridized carbons (Fsp3) is 0.333. The van der Waals surface area contributed by atoms with Crippen molar-refractivity contribution in [1.82, 2.24) is 0 Å². The number of carbonyl (C=O) groups excluding carboxylic acids is 1. The van der Waals surface area contributed by atoms with Crippen molar-refractivity contribution in [2.75, 3.05) is 5.32 Å². The van der Waals surface area contributed by atoms with E-state index in [0.29, 0.717) is 28.2 Å². The van der Waals surface area contributed by atoms with Gasteiger partial charge in [0.05, 0.1) is 5.69 Å². The first kappa shape index (κ1) is 19.4. The minimum absolute atomic E-state index is 0.0196. The van der Waals surface area contributed by atoms with Gasteiger partial charge in [0.2, 0.25) is 5.91 Å². The predicted molar refractivity (Wildman–Crippen MR) is 125 cm³/mol. The van der Waals surface area contributed by atoms with Gasteiger partial charge in [0.1, 0.15) is 11.2 Å². The molecular formula is C27H25NO4. The Morgan fingerprint density at radius 1 is 0.844 bits per heavy atom. The maximum Gasteiger partial charge on any atom is 0.336 e. The fourth-order valence-corrected chi connectivity index (χ4v) is 5.37. The molecule has 2 heterocycles. The second kappa shape index (κ2) is 7.66. The van der Waals surface area contributed by atoms with Gasteiger partial charge in [0.15, 0.2) is 5.76 Å². The van der Waals surface area contributed by atoms with Gasteiger partial charge in [-0.05, 0) is 67.5 Å². The molecule has 1 fully saturated rings. The predicted octanol–water partition coefficient (Wildman–Crippen LogP) is 6.21. The highest BCUT2D eigenvalue weighted by Gasteiger charge is 2.26. The number of hydrogen-bond acceptors (Lipinski definition) is 4. The minimum Gasteiger partial charge on any atom is -0.454 e. The number of nitrogens with one attached hydrogen (secondary N) is 1. The number of amides is 1. The van der Waals surface area contributed by atoms with Crippen LogP contribution in [0.25, 0.3) is 33.3 Å². The number of carbonyl (C=O) groups is 1. The Labute approximate surface area is 185 Å². The Kier molecular flexibility index (Phi) is 4.63. The van der Waals surface area contributed by atoms with E-state index in [1.165, 1.54) is 23.6 Å². The van der Waals surface area contributed by atoms with Gasteiger partial charge in [-0.25, -0.2) is 4.79 Å². The summed E-state index contributed by atoms with van der Waals surface area (Å²) in [6.07, 6.45) is 8.35. The summed E-state index contributed by atoms with van der Waals surface area (Å²) < 4.78 is 11.8. The van der Waals surface area contributed by atoms with Crippen molar-refractivity contribution in [3.05, 3.63) is 64.0 Å². The first-order valence-electron chi connectivity index (χ1n) is 11.6. The number of furan rings is 1. The molecule has 32 heavy (non-hydrogen) atoms. The van der Waals surface area contributed by atoms with Crippen molar-refractivity contribution in [2.24, 2.45) is 5.92 Å². The minimum atomic E-state index is -0.421. The summed E-state index contributed by atoms with van der Waals surface area (Å²) >= 11 is 0. The number of benzene rings is 2.